The monoisotopic (exact) mass is 425 g/mol. The maximum absolute atomic E-state index is 12.5. The molecule has 1 fully saturated rings. The predicted octanol–water partition coefficient (Wildman–Crippen LogP) is 4.58. The molecule has 0 bridgehead atoms. The molecule has 0 radical (unpaired) electrons. The maximum Gasteiger partial charge on any atom is 0.261 e. The van der Waals surface area contributed by atoms with Gasteiger partial charge >= 0.3 is 0 Å². The van der Waals surface area contributed by atoms with E-state index in [9.17, 15) is 8.42 Å². The molecule has 2 aromatic rings. The molecule has 1 N–H and O–H groups in total. The summed E-state index contributed by atoms with van der Waals surface area (Å²) in [6.07, 6.45) is 4.86. The van der Waals surface area contributed by atoms with E-state index in [1.54, 1.807) is 30.3 Å². The molecule has 0 amide bonds. The molecule has 25 heavy (non-hydrogen) atoms. The summed E-state index contributed by atoms with van der Waals surface area (Å²) in [6, 6.07) is 11.6. The number of halogens is 1. The molecule has 7 heteroatoms. The Morgan fingerprint density at radius 2 is 1.76 bits per heavy atom. The number of hydrogen-bond donors (Lipinski definition) is 1. The van der Waals surface area contributed by atoms with E-state index in [-0.39, 0.29) is 11.0 Å². The summed E-state index contributed by atoms with van der Waals surface area (Å²) in [5, 5.41) is 0. The minimum atomic E-state index is -3.67. The van der Waals surface area contributed by atoms with Crippen molar-refractivity contribution in [1.29, 1.82) is 0 Å². The van der Waals surface area contributed by atoms with Gasteiger partial charge in [-0.25, -0.2) is 8.42 Å². The number of anilines is 1. The fraction of sp³-hybridized carbons (Fsp3) is 0.333. The molecule has 1 aliphatic rings. The van der Waals surface area contributed by atoms with Crippen LogP contribution < -0.4 is 14.2 Å². The molecule has 0 spiro atoms. The number of ether oxygens (including phenoxy) is 2. The summed E-state index contributed by atoms with van der Waals surface area (Å²) in [5.74, 6) is 1.34. The Labute approximate surface area is 156 Å². The Morgan fingerprint density at radius 3 is 2.36 bits per heavy atom. The van der Waals surface area contributed by atoms with Crippen LogP contribution in [-0.4, -0.2) is 21.6 Å². The first kappa shape index (κ1) is 18.1. The average molecular weight is 426 g/mol. The van der Waals surface area contributed by atoms with Crippen molar-refractivity contribution in [2.45, 2.75) is 36.7 Å². The standard InChI is InChI=1S/C18H20BrNO4S/c1-23-18-11-10-16(12-17(18)19)25(21,22)20-13-6-8-15(9-7-13)24-14-4-2-3-5-14/h6-12,14,20H,2-5H2,1H3. The first-order valence-corrected chi connectivity index (χ1v) is 10.4. The molecule has 0 aliphatic heterocycles. The topological polar surface area (TPSA) is 64.6 Å². The van der Waals surface area contributed by atoms with Crippen LogP contribution in [0.5, 0.6) is 11.5 Å². The highest BCUT2D eigenvalue weighted by molar-refractivity contribution is 9.10. The van der Waals surface area contributed by atoms with Gasteiger partial charge in [-0.15, -0.1) is 0 Å². The summed E-state index contributed by atoms with van der Waals surface area (Å²) < 4.78 is 39.2. The Kier molecular flexibility index (Phi) is 5.54. The van der Waals surface area contributed by atoms with E-state index in [1.165, 1.54) is 32.1 Å². The average Bonchev–Trinajstić information content (AvgIpc) is 3.09. The number of rotatable bonds is 6. The lowest BCUT2D eigenvalue weighted by molar-refractivity contribution is 0.210. The van der Waals surface area contributed by atoms with Crippen LogP contribution >= 0.6 is 15.9 Å². The minimum Gasteiger partial charge on any atom is -0.496 e. The second-order valence-electron chi connectivity index (χ2n) is 5.95. The van der Waals surface area contributed by atoms with Gasteiger partial charge in [0.25, 0.3) is 10.0 Å². The molecule has 3 rings (SSSR count). The second kappa shape index (κ2) is 7.66. The van der Waals surface area contributed by atoms with Gasteiger partial charge in [0.05, 0.1) is 22.6 Å². The number of hydrogen-bond acceptors (Lipinski definition) is 4. The van der Waals surface area contributed by atoms with Crippen LogP contribution in [0.3, 0.4) is 0 Å². The zero-order chi connectivity index (χ0) is 17.9. The van der Waals surface area contributed by atoms with Gasteiger partial charge in [-0.1, -0.05) is 0 Å². The molecular weight excluding hydrogens is 406 g/mol. The van der Waals surface area contributed by atoms with Crippen molar-refractivity contribution in [3.05, 3.63) is 46.9 Å². The summed E-state index contributed by atoms with van der Waals surface area (Å²) in [5.41, 5.74) is 0.491. The van der Waals surface area contributed by atoms with Gasteiger partial charge in [-0.05, 0) is 84.1 Å². The summed E-state index contributed by atoms with van der Waals surface area (Å²) in [6.45, 7) is 0. The van der Waals surface area contributed by atoms with Gasteiger partial charge in [0.15, 0.2) is 0 Å². The van der Waals surface area contributed by atoms with E-state index in [1.807, 2.05) is 0 Å². The molecule has 0 atom stereocenters. The Balaban J connectivity index is 1.71. The molecule has 0 aromatic heterocycles. The first-order chi connectivity index (χ1) is 12.0. The zero-order valence-electron chi connectivity index (χ0n) is 13.9. The van der Waals surface area contributed by atoms with Crippen LogP contribution in [-0.2, 0) is 10.0 Å². The van der Waals surface area contributed by atoms with Crippen LogP contribution in [0.2, 0.25) is 0 Å². The molecular formula is C18H20BrNO4S. The summed E-state index contributed by atoms with van der Waals surface area (Å²) in [7, 11) is -2.14. The van der Waals surface area contributed by atoms with Gasteiger partial charge in [-0.3, -0.25) is 4.72 Å². The number of methoxy groups -OCH3 is 1. The molecule has 1 saturated carbocycles. The Hall–Kier alpha value is -1.73. The quantitative estimate of drug-likeness (QED) is 0.735. The third-order valence-corrected chi connectivity index (χ3v) is 6.14. The van der Waals surface area contributed by atoms with E-state index in [0.717, 1.165) is 18.6 Å². The van der Waals surface area contributed by atoms with Crippen molar-refractivity contribution in [1.82, 2.24) is 0 Å². The largest absolute Gasteiger partial charge is 0.496 e. The number of benzene rings is 2. The van der Waals surface area contributed by atoms with E-state index >= 15 is 0 Å². The number of sulfonamides is 1. The van der Waals surface area contributed by atoms with E-state index in [4.69, 9.17) is 9.47 Å². The number of nitrogens with one attached hydrogen (secondary N) is 1. The van der Waals surface area contributed by atoms with Crippen molar-refractivity contribution in [2.24, 2.45) is 0 Å². The molecule has 0 saturated heterocycles. The lowest BCUT2D eigenvalue weighted by Crippen LogP contribution is -2.13. The molecule has 1 aliphatic carbocycles. The highest BCUT2D eigenvalue weighted by atomic mass is 79.9. The van der Waals surface area contributed by atoms with Crippen molar-refractivity contribution in [3.8, 4) is 11.5 Å². The second-order valence-corrected chi connectivity index (χ2v) is 8.49. The van der Waals surface area contributed by atoms with Crippen molar-refractivity contribution in [3.63, 3.8) is 0 Å². The molecule has 134 valence electrons. The zero-order valence-corrected chi connectivity index (χ0v) is 16.3. The normalized spacial score (nSPS) is 15.1. The fourth-order valence-corrected chi connectivity index (χ4v) is 4.61. The summed E-state index contributed by atoms with van der Waals surface area (Å²) >= 11 is 3.30. The molecule has 5 nitrogen and oxygen atoms in total. The highest BCUT2D eigenvalue weighted by Gasteiger charge is 2.18. The van der Waals surface area contributed by atoms with Crippen molar-refractivity contribution < 1.29 is 17.9 Å². The van der Waals surface area contributed by atoms with Gasteiger partial charge in [0, 0.05) is 5.69 Å². The smallest absolute Gasteiger partial charge is 0.261 e. The SMILES string of the molecule is COc1ccc(S(=O)(=O)Nc2ccc(OC3CCCC3)cc2)cc1Br. The Morgan fingerprint density at radius 1 is 1.08 bits per heavy atom. The van der Waals surface area contributed by atoms with E-state index < -0.39 is 10.0 Å². The molecule has 2 aromatic carbocycles. The molecule has 0 heterocycles. The fourth-order valence-electron chi connectivity index (χ4n) is 2.83. The van der Waals surface area contributed by atoms with E-state index in [2.05, 4.69) is 20.7 Å². The van der Waals surface area contributed by atoms with Gasteiger partial charge in [0.2, 0.25) is 0 Å². The van der Waals surface area contributed by atoms with Crippen LogP contribution in [0.4, 0.5) is 5.69 Å². The minimum absolute atomic E-state index is 0.159. The third-order valence-electron chi connectivity index (χ3n) is 4.15. The van der Waals surface area contributed by atoms with Crippen molar-refractivity contribution in [2.75, 3.05) is 11.8 Å². The summed E-state index contributed by atoms with van der Waals surface area (Å²) in [4.78, 5) is 0.159. The van der Waals surface area contributed by atoms with Crippen LogP contribution in [0.15, 0.2) is 51.8 Å². The van der Waals surface area contributed by atoms with Gasteiger partial charge in [-0.2, -0.15) is 0 Å². The van der Waals surface area contributed by atoms with Gasteiger partial charge in [0.1, 0.15) is 11.5 Å². The predicted molar refractivity (Wildman–Crippen MR) is 101 cm³/mol. The van der Waals surface area contributed by atoms with Crippen LogP contribution in [0.25, 0.3) is 0 Å². The van der Waals surface area contributed by atoms with Crippen LogP contribution in [0, 0.1) is 0 Å². The van der Waals surface area contributed by atoms with Crippen molar-refractivity contribution >= 4 is 31.6 Å². The first-order valence-electron chi connectivity index (χ1n) is 8.11. The lowest BCUT2D eigenvalue weighted by Gasteiger charge is -2.14. The van der Waals surface area contributed by atoms with Gasteiger partial charge < -0.3 is 9.47 Å². The maximum atomic E-state index is 12.5. The van der Waals surface area contributed by atoms with Crippen LogP contribution in [0.1, 0.15) is 25.7 Å². The van der Waals surface area contributed by atoms with E-state index in [0.29, 0.717) is 15.9 Å². The highest BCUT2D eigenvalue weighted by Crippen LogP contribution is 2.29. The lowest BCUT2D eigenvalue weighted by atomic mass is 10.3. The Bertz CT molecular complexity index is 831. The third kappa shape index (κ3) is 4.46. The molecule has 0 unspecified atom stereocenters.